The van der Waals surface area contributed by atoms with Crippen molar-refractivity contribution in [1.82, 2.24) is 7.07 Å². The Hall–Kier alpha value is -1.90. The Morgan fingerprint density at radius 3 is 1.09 bits per heavy atom. The molecule has 3 rings (SSSR count). The molecule has 0 amide bonds. The summed E-state index contributed by atoms with van der Waals surface area (Å²) in [5, 5.41) is 0. The number of aryl methyl sites for hydroxylation is 4. The van der Waals surface area contributed by atoms with Crippen molar-refractivity contribution in [3.05, 3.63) is 86.0 Å². The van der Waals surface area contributed by atoms with E-state index in [1.165, 1.54) is 155 Å². The van der Waals surface area contributed by atoms with Gasteiger partial charge in [-0.05, 0) is 148 Å². The number of nitrogens with zero attached hydrogens (tertiary/aromatic N) is 4. The standard InChI is InChI=1S/C44H68N2.2C4H10N.Pd/c1-8-15-22-34-29-39(30-35(23-16-9-2)41(34)27-20-13-6)43-33-38(26-19-12-5)44(46(43)45)40-31-36(24-17-10-3)42(28-21-14-7)37(32-40)25-18-11-4;2*1-3-5-4-2;/h29-33H,8-28H2,1-7H3;2*3-4H2,1-2H3;/q;2*-1;+2. The summed E-state index contributed by atoms with van der Waals surface area (Å²) in [6.07, 6.45) is 27.1. The van der Waals surface area contributed by atoms with Gasteiger partial charge in [0, 0.05) is 22.8 Å². The third-order valence-electron chi connectivity index (χ3n) is 11.5. The average molecular weight is 876 g/mol. The summed E-state index contributed by atoms with van der Waals surface area (Å²) in [4.78, 5) is 0. The van der Waals surface area contributed by atoms with Crippen LogP contribution in [0.4, 0.5) is 0 Å². The number of hydrogen-bond donors (Lipinski definition) is 0. The molecule has 0 radical (unpaired) electrons. The quantitative estimate of drug-likeness (QED) is 0.0602. The van der Waals surface area contributed by atoms with Crippen LogP contribution < -0.4 is 0 Å². The minimum absolute atomic E-state index is 0.686. The first-order valence-corrected chi connectivity index (χ1v) is 25.5. The van der Waals surface area contributed by atoms with Crippen LogP contribution >= 0.6 is 0 Å². The molecule has 5 heteroatoms. The minimum atomic E-state index is 0.686. The number of benzene rings is 2. The Bertz CT molecular complexity index is 1430. The van der Waals surface area contributed by atoms with E-state index >= 15 is 0 Å². The molecule has 0 unspecified atom stereocenters. The molecule has 2 aromatic carbocycles. The first kappa shape index (κ1) is 51.2. The Morgan fingerprint density at radius 1 is 0.439 bits per heavy atom. The average Bonchev–Trinajstić information content (AvgIpc) is 3.57. The van der Waals surface area contributed by atoms with Gasteiger partial charge in [0.1, 0.15) is 0 Å². The van der Waals surface area contributed by atoms with Crippen LogP contribution in [-0.4, -0.2) is 37.9 Å². The zero-order chi connectivity index (χ0) is 42.0. The van der Waals surface area contributed by atoms with E-state index in [1.807, 2.05) is 0 Å². The van der Waals surface area contributed by atoms with E-state index in [-0.39, 0.29) is 0 Å². The van der Waals surface area contributed by atoms with Crippen LogP contribution in [-0.2, 0) is 57.0 Å². The molecular weight excluding hydrogens is 787 g/mol. The van der Waals surface area contributed by atoms with Crippen LogP contribution in [0.15, 0.2) is 35.9 Å². The maximum atomic E-state index is 12.2. The molecule has 326 valence electrons. The molecule has 1 aliphatic rings. The van der Waals surface area contributed by atoms with Crippen LogP contribution in [0.5, 0.6) is 0 Å². The molecule has 0 aliphatic carbocycles. The summed E-state index contributed by atoms with van der Waals surface area (Å²) in [5.74, 6) is 0. The van der Waals surface area contributed by atoms with Crippen molar-refractivity contribution in [3.63, 3.8) is 0 Å². The molecule has 0 saturated heterocycles. The van der Waals surface area contributed by atoms with E-state index in [9.17, 15) is 5.53 Å². The van der Waals surface area contributed by atoms with Crippen LogP contribution in [0.3, 0.4) is 0 Å². The molecule has 0 bridgehead atoms. The summed E-state index contributed by atoms with van der Waals surface area (Å²) in [5.41, 5.74) is 27.2. The van der Waals surface area contributed by atoms with Crippen molar-refractivity contribution >= 4 is 11.4 Å². The fraction of sp³-hybridized carbons (Fsp3) is 0.692. The molecule has 0 saturated carbocycles. The summed E-state index contributed by atoms with van der Waals surface area (Å²) in [7, 11) is 0. The van der Waals surface area contributed by atoms with Gasteiger partial charge in [-0.1, -0.05) is 93.4 Å². The third kappa shape index (κ3) is 16.6. The van der Waals surface area contributed by atoms with Gasteiger partial charge in [0.2, 0.25) is 11.4 Å². The van der Waals surface area contributed by atoms with Crippen LogP contribution in [0.25, 0.3) is 16.9 Å². The predicted molar refractivity (Wildman–Crippen MR) is 248 cm³/mol. The van der Waals surface area contributed by atoms with Gasteiger partial charge >= 0.3 is 79.4 Å². The van der Waals surface area contributed by atoms with E-state index in [2.05, 4.69) is 114 Å². The van der Waals surface area contributed by atoms with Gasteiger partial charge in [0.25, 0.3) is 0 Å². The first-order chi connectivity index (χ1) is 27.7. The molecule has 4 nitrogen and oxygen atoms in total. The Balaban J connectivity index is 0.000000886. The van der Waals surface area contributed by atoms with Gasteiger partial charge in [-0.3, -0.25) is 0 Å². The second-order valence-corrected chi connectivity index (χ2v) is 18.4. The molecule has 0 spiro atoms. The van der Waals surface area contributed by atoms with Gasteiger partial charge in [-0.2, -0.15) is 0 Å². The summed E-state index contributed by atoms with van der Waals surface area (Å²) >= 11 is 0.686. The fourth-order valence-corrected chi connectivity index (χ4v) is 9.47. The molecule has 1 aliphatic heterocycles. The Labute approximate surface area is 363 Å². The number of hydrogen-bond acceptors (Lipinski definition) is 2. The zero-order valence-corrected chi connectivity index (χ0v) is 40.7. The number of unbranched alkanes of at least 4 members (excludes halogenated alkanes) is 7. The monoisotopic (exact) mass is 875 g/mol. The maximum absolute atomic E-state index is 12.2. The van der Waals surface area contributed by atoms with Gasteiger partial charge in [-0.25, -0.2) is 4.70 Å². The van der Waals surface area contributed by atoms with Crippen molar-refractivity contribution in [2.75, 3.05) is 26.2 Å². The summed E-state index contributed by atoms with van der Waals surface area (Å²) in [6, 6.07) is 9.81. The van der Waals surface area contributed by atoms with Crippen molar-refractivity contribution < 1.29 is 23.2 Å². The molecule has 0 fully saturated rings. The summed E-state index contributed by atoms with van der Waals surface area (Å²) in [6.45, 7) is 29.7. The van der Waals surface area contributed by atoms with Crippen LogP contribution in [0.2, 0.25) is 0 Å². The zero-order valence-electron chi connectivity index (χ0n) is 39.2. The van der Waals surface area contributed by atoms with Gasteiger partial charge < -0.3 is 5.53 Å². The predicted octanol–water partition coefficient (Wildman–Crippen LogP) is 15.3. The second kappa shape index (κ2) is 30.2. The number of allylic oxidation sites excluding steroid dienone is 2. The van der Waals surface area contributed by atoms with Gasteiger partial charge in [-0.15, -0.1) is 0 Å². The Kier molecular flexibility index (Phi) is 27.1. The first-order valence-electron chi connectivity index (χ1n) is 24.1. The van der Waals surface area contributed by atoms with E-state index < -0.39 is 0 Å². The molecule has 0 aromatic heterocycles. The van der Waals surface area contributed by atoms with Gasteiger partial charge in [0.15, 0.2) is 0 Å². The number of rotatable bonds is 29. The van der Waals surface area contributed by atoms with E-state index in [0.717, 1.165) is 56.3 Å². The third-order valence-corrected chi connectivity index (χ3v) is 14.4. The normalized spacial score (nSPS) is 13.0. The fourth-order valence-electron chi connectivity index (χ4n) is 7.96. The molecule has 57 heavy (non-hydrogen) atoms. The summed E-state index contributed by atoms with van der Waals surface area (Å²) < 4.78 is 6.57. The topological polar surface area (TPSA) is 31.8 Å². The van der Waals surface area contributed by atoms with Crippen LogP contribution in [0.1, 0.15) is 217 Å². The molecule has 0 N–H and O–H groups in total. The van der Waals surface area contributed by atoms with Crippen molar-refractivity contribution in [2.45, 2.75) is 211 Å². The van der Waals surface area contributed by atoms with Crippen molar-refractivity contribution in [3.8, 4) is 0 Å². The molecule has 1 heterocycles. The van der Waals surface area contributed by atoms with Crippen LogP contribution in [0, 0.1) is 0 Å². The second-order valence-electron chi connectivity index (χ2n) is 16.2. The van der Waals surface area contributed by atoms with E-state index in [1.54, 1.807) is 15.8 Å². The molecular formula is C52H88N4Pd. The van der Waals surface area contributed by atoms with Gasteiger partial charge in [0.05, 0.1) is 0 Å². The molecule has 0 atom stereocenters. The Morgan fingerprint density at radius 2 is 0.754 bits per heavy atom. The SMILES string of the molecule is CCCCC1=C(c2cc(CCCC)c(CCCC)c(CCCC)c2)[N+](=[N-])C(c2cc(CCCC)c(CCCC)c(CCCC)c2)=C1.CC[N](CC)[Pd][N](CC)CC. The van der Waals surface area contributed by atoms with Crippen molar-refractivity contribution in [2.24, 2.45) is 0 Å². The van der Waals surface area contributed by atoms with E-state index in [0.29, 0.717) is 18.5 Å². The molecule has 2 aromatic rings. The van der Waals surface area contributed by atoms with E-state index in [4.69, 9.17) is 0 Å². The van der Waals surface area contributed by atoms with Crippen molar-refractivity contribution in [1.29, 1.82) is 0 Å².